The standard InChI is InChI=1S/C12H11ClO5/c1-7(2)11(15)17-6-18-12(16)8-3-4-10(14)9(13)5-8/h3-5,14H,1,6H2,2H3. The van der Waals surface area contributed by atoms with Gasteiger partial charge in [0.15, 0.2) is 0 Å². The Kier molecular flexibility index (Phi) is 4.74. The van der Waals surface area contributed by atoms with Crippen LogP contribution in [-0.2, 0) is 14.3 Å². The number of carbonyl (C=O) groups excluding carboxylic acids is 2. The summed E-state index contributed by atoms with van der Waals surface area (Å²) in [6.45, 7) is 4.34. The van der Waals surface area contributed by atoms with Crippen LogP contribution in [0.2, 0.25) is 5.02 Å². The number of carbonyl (C=O) groups is 2. The van der Waals surface area contributed by atoms with Gasteiger partial charge < -0.3 is 14.6 Å². The van der Waals surface area contributed by atoms with E-state index in [9.17, 15) is 14.7 Å². The molecule has 0 radical (unpaired) electrons. The fraction of sp³-hybridized carbons (Fsp3) is 0.167. The molecule has 18 heavy (non-hydrogen) atoms. The van der Waals surface area contributed by atoms with Crippen LogP contribution in [0, 0.1) is 0 Å². The molecule has 1 aromatic rings. The van der Waals surface area contributed by atoms with Gasteiger partial charge >= 0.3 is 11.9 Å². The van der Waals surface area contributed by atoms with Gasteiger partial charge in [0.1, 0.15) is 5.75 Å². The number of ether oxygens (including phenoxy) is 2. The van der Waals surface area contributed by atoms with E-state index in [4.69, 9.17) is 11.6 Å². The minimum absolute atomic E-state index is 0.0309. The number of halogens is 1. The van der Waals surface area contributed by atoms with Gasteiger partial charge in [-0.15, -0.1) is 0 Å². The van der Waals surface area contributed by atoms with Crippen LogP contribution in [0.5, 0.6) is 5.75 Å². The predicted octanol–water partition coefficient (Wildman–Crippen LogP) is 2.28. The first-order chi connectivity index (χ1) is 8.41. The summed E-state index contributed by atoms with van der Waals surface area (Å²) < 4.78 is 9.27. The quantitative estimate of drug-likeness (QED) is 0.516. The number of esters is 2. The smallest absolute Gasteiger partial charge is 0.341 e. The molecule has 6 heteroatoms. The number of rotatable bonds is 4. The molecule has 0 aromatic heterocycles. The summed E-state index contributed by atoms with van der Waals surface area (Å²) in [5.74, 6) is -1.50. The lowest BCUT2D eigenvalue weighted by Crippen LogP contribution is -2.13. The Labute approximate surface area is 109 Å². The van der Waals surface area contributed by atoms with E-state index < -0.39 is 18.7 Å². The highest BCUT2D eigenvalue weighted by Crippen LogP contribution is 2.23. The zero-order valence-corrected chi connectivity index (χ0v) is 10.4. The van der Waals surface area contributed by atoms with Crippen LogP contribution in [0.1, 0.15) is 17.3 Å². The third-order valence-electron chi connectivity index (χ3n) is 1.91. The number of hydrogen-bond acceptors (Lipinski definition) is 5. The largest absolute Gasteiger partial charge is 0.506 e. The molecule has 96 valence electrons. The van der Waals surface area contributed by atoms with E-state index in [0.717, 1.165) is 0 Å². The molecule has 0 heterocycles. The molecule has 5 nitrogen and oxygen atoms in total. The van der Waals surface area contributed by atoms with Crippen LogP contribution >= 0.6 is 11.6 Å². The summed E-state index contributed by atoms with van der Waals surface area (Å²) in [5, 5.41) is 9.20. The van der Waals surface area contributed by atoms with Crippen molar-refractivity contribution in [1.82, 2.24) is 0 Å². The first-order valence-corrected chi connectivity index (χ1v) is 5.28. The summed E-state index contributed by atoms with van der Waals surface area (Å²) >= 11 is 5.63. The molecule has 1 aromatic carbocycles. The summed E-state index contributed by atoms with van der Waals surface area (Å²) in [6, 6.07) is 3.85. The van der Waals surface area contributed by atoms with Gasteiger partial charge in [-0.05, 0) is 25.1 Å². The Morgan fingerprint density at radius 3 is 2.61 bits per heavy atom. The third kappa shape index (κ3) is 3.78. The zero-order chi connectivity index (χ0) is 13.7. The Hall–Kier alpha value is -2.01. The molecule has 0 saturated carbocycles. The Balaban J connectivity index is 2.53. The minimum atomic E-state index is -0.716. The number of aromatic hydroxyl groups is 1. The summed E-state index contributed by atoms with van der Waals surface area (Å²) in [6.07, 6.45) is 0. The van der Waals surface area contributed by atoms with E-state index in [2.05, 4.69) is 16.1 Å². The maximum Gasteiger partial charge on any atom is 0.341 e. The number of benzene rings is 1. The molecular weight excluding hydrogens is 260 g/mol. The molecular formula is C12H11ClO5. The van der Waals surface area contributed by atoms with Crippen LogP contribution in [0.25, 0.3) is 0 Å². The van der Waals surface area contributed by atoms with Gasteiger partial charge in [0.25, 0.3) is 0 Å². The molecule has 0 amide bonds. The molecule has 0 aliphatic heterocycles. The van der Waals surface area contributed by atoms with Crippen LogP contribution in [-0.4, -0.2) is 23.8 Å². The van der Waals surface area contributed by atoms with E-state index in [0.29, 0.717) is 0 Å². The van der Waals surface area contributed by atoms with Gasteiger partial charge in [0, 0.05) is 5.57 Å². The summed E-state index contributed by atoms with van der Waals surface area (Å²) in [4.78, 5) is 22.5. The van der Waals surface area contributed by atoms with Crippen molar-refractivity contribution >= 4 is 23.5 Å². The minimum Gasteiger partial charge on any atom is -0.506 e. The molecule has 0 fully saturated rings. The Morgan fingerprint density at radius 2 is 2.06 bits per heavy atom. The first kappa shape index (κ1) is 14.1. The average Bonchev–Trinajstić information content (AvgIpc) is 2.32. The van der Waals surface area contributed by atoms with Gasteiger partial charge in [-0.1, -0.05) is 18.2 Å². The van der Waals surface area contributed by atoms with Crippen molar-refractivity contribution in [2.24, 2.45) is 0 Å². The highest BCUT2D eigenvalue weighted by Gasteiger charge is 2.11. The van der Waals surface area contributed by atoms with E-state index in [1.165, 1.54) is 25.1 Å². The van der Waals surface area contributed by atoms with Crippen LogP contribution in [0.15, 0.2) is 30.4 Å². The molecule has 0 aliphatic rings. The summed E-state index contributed by atoms with van der Waals surface area (Å²) in [7, 11) is 0. The number of phenolic OH excluding ortho intramolecular Hbond substituents is 1. The molecule has 0 saturated heterocycles. The molecule has 1 rings (SSSR count). The summed E-state index contributed by atoms with van der Waals surface area (Å²) in [5.41, 5.74) is 0.350. The van der Waals surface area contributed by atoms with Gasteiger partial charge in [-0.25, -0.2) is 9.59 Å². The number of hydrogen-bond donors (Lipinski definition) is 1. The molecule has 0 atom stereocenters. The van der Waals surface area contributed by atoms with Crippen molar-refractivity contribution in [3.05, 3.63) is 40.9 Å². The third-order valence-corrected chi connectivity index (χ3v) is 2.21. The van der Waals surface area contributed by atoms with Crippen molar-refractivity contribution in [3.63, 3.8) is 0 Å². The van der Waals surface area contributed by atoms with Gasteiger partial charge in [0.2, 0.25) is 6.79 Å². The maximum atomic E-state index is 11.5. The Morgan fingerprint density at radius 1 is 1.39 bits per heavy atom. The van der Waals surface area contributed by atoms with Crippen LogP contribution < -0.4 is 0 Å². The lowest BCUT2D eigenvalue weighted by molar-refractivity contribution is -0.147. The average molecular weight is 271 g/mol. The van der Waals surface area contributed by atoms with E-state index in [1.54, 1.807) is 0 Å². The Bertz CT molecular complexity index is 495. The second-order valence-electron chi connectivity index (χ2n) is 3.43. The predicted molar refractivity (Wildman–Crippen MR) is 64.3 cm³/mol. The molecule has 0 aliphatic carbocycles. The lowest BCUT2D eigenvalue weighted by atomic mass is 10.2. The molecule has 0 bridgehead atoms. The van der Waals surface area contributed by atoms with E-state index in [-0.39, 0.29) is 21.9 Å². The van der Waals surface area contributed by atoms with Crippen molar-refractivity contribution in [2.45, 2.75) is 6.92 Å². The van der Waals surface area contributed by atoms with Gasteiger partial charge in [0.05, 0.1) is 10.6 Å². The van der Waals surface area contributed by atoms with Crippen LogP contribution in [0.3, 0.4) is 0 Å². The van der Waals surface area contributed by atoms with Crippen molar-refractivity contribution in [3.8, 4) is 5.75 Å². The lowest BCUT2D eigenvalue weighted by Gasteiger charge is -2.06. The highest BCUT2D eigenvalue weighted by atomic mass is 35.5. The zero-order valence-electron chi connectivity index (χ0n) is 9.60. The van der Waals surface area contributed by atoms with Crippen molar-refractivity contribution in [2.75, 3.05) is 6.79 Å². The molecule has 0 spiro atoms. The SMILES string of the molecule is C=C(C)C(=O)OCOC(=O)c1ccc(O)c(Cl)c1. The topological polar surface area (TPSA) is 72.8 Å². The highest BCUT2D eigenvalue weighted by molar-refractivity contribution is 6.32. The van der Waals surface area contributed by atoms with Crippen molar-refractivity contribution in [1.29, 1.82) is 0 Å². The van der Waals surface area contributed by atoms with Gasteiger partial charge in [-0.2, -0.15) is 0 Å². The van der Waals surface area contributed by atoms with E-state index in [1.807, 2.05) is 0 Å². The fourth-order valence-electron chi connectivity index (χ4n) is 0.977. The maximum absolute atomic E-state index is 11.5. The van der Waals surface area contributed by atoms with Crippen molar-refractivity contribution < 1.29 is 24.2 Å². The van der Waals surface area contributed by atoms with Crippen LogP contribution in [0.4, 0.5) is 0 Å². The second kappa shape index (κ2) is 6.07. The number of phenols is 1. The fourth-order valence-corrected chi connectivity index (χ4v) is 1.16. The normalized spacial score (nSPS) is 9.67. The van der Waals surface area contributed by atoms with E-state index >= 15 is 0 Å². The van der Waals surface area contributed by atoms with Gasteiger partial charge in [-0.3, -0.25) is 0 Å². The molecule has 0 unspecified atom stereocenters. The monoisotopic (exact) mass is 270 g/mol. The second-order valence-corrected chi connectivity index (χ2v) is 3.84. The first-order valence-electron chi connectivity index (χ1n) is 4.90. The molecule has 1 N–H and O–H groups in total.